The molecule has 0 bridgehead atoms. The lowest BCUT2D eigenvalue weighted by Crippen LogP contribution is -2.10. The van der Waals surface area contributed by atoms with Crippen molar-refractivity contribution >= 4 is 16.6 Å². The molecule has 1 heteroatoms. The molecule has 0 aliphatic heterocycles. The van der Waals surface area contributed by atoms with Crippen LogP contribution in [0.1, 0.15) is 43.6 Å². The molecular formula is C16H18O. The summed E-state index contributed by atoms with van der Waals surface area (Å²) < 4.78 is 0. The minimum Gasteiger partial charge on any atom is -0.295 e. The van der Waals surface area contributed by atoms with Crippen LogP contribution in [0.5, 0.6) is 0 Å². The summed E-state index contributed by atoms with van der Waals surface area (Å²) in [6, 6.07) is 12.4. The molecule has 88 valence electrons. The molecule has 0 spiro atoms. The fourth-order valence-corrected chi connectivity index (χ4v) is 1.93. The number of hydrogen-bond donors (Lipinski definition) is 0. The number of rotatable bonds is 1. The highest BCUT2D eigenvalue weighted by Gasteiger charge is 2.13. The second-order valence-corrected chi connectivity index (χ2v) is 5.58. The Bertz CT molecular complexity index is 574. The molecule has 0 N–H and O–H groups in total. The number of benzene rings is 2. The van der Waals surface area contributed by atoms with Crippen LogP contribution in [0.4, 0.5) is 0 Å². The Kier molecular flexibility index (Phi) is 2.78. The van der Waals surface area contributed by atoms with Gasteiger partial charge in [-0.2, -0.15) is 0 Å². The number of fused-ring (bicyclic) bond motifs is 1. The van der Waals surface area contributed by atoms with Crippen LogP contribution in [0.25, 0.3) is 10.8 Å². The molecule has 0 fully saturated rings. The van der Waals surface area contributed by atoms with Crippen LogP contribution in [0.15, 0.2) is 36.4 Å². The molecule has 0 unspecified atom stereocenters. The first kappa shape index (κ1) is 11.8. The van der Waals surface area contributed by atoms with Crippen LogP contribution in [0.3, 0.4) is 0 Å². The van der Waals surface area contributed by atoms with Crippen molar-refractivity contribution < 1.29 is 4.79 Å². The summed E-state index contributed by atoms with van der Waals surface area (Å²) >= 11 is 0. The van der Waals surface area contributed by atoms with Crippen molar-refractivity contribution in [1.29, 1.82) is 0 Å². The van der Waals surface area contributed by atoms with Gasteiger partial charge in [0.1, 0.15) is 0 Å². The SMILES string of the molecule is CC(=O)c1ccc2ccc(C(C)(C)C)cc2c1. The summed E-state index contributed by atoms with van der Waals surface area (Å²) in [7, 11) is 0. The second-order valence-electron chi connectivity index (χ2n) is 5.58. The second kappa shape index (κ2) is 3.99. The summed E-state index contributed by atoms with van der Waals surface area (Å²) in [4.78, 5) is 11.4. The highest BCUT2D eigenvalue weighted by Crippen LogP contribution is 2.26. The molecule has 0 saturated carbocycles. The third-order valence-electron chi connectivity index (χ3n) is 3.11. The molecule has 0 heterocycles. The minimum atomic E-state index is 0.119. The standard InChI is InChI=1S/C16H18O/c1-11(17)13-6-5-12-7-8-15(16(2,3)4)10-14(12)9-13/h5-10H,1-4H3. The topological polar surface area (TPSA) is 17.1 Å². The molecule has 0 aliphatic rings. The molecule has 17 heavy (non-hydrogen) atoms. The normalized spacial score (nSPS) is 11.8. The summed E-state index contributed by atoms with van der Waals surface area (Å²) in [5.74, 6) is 0.119. The number of carbonyl (C=O) groups excluding carboxylic acids is 1. The average Bonchev–Trinajstić information content (AvgIpc) is 2.26. The molecular weight excluding hydrogens is 208 g/mol. The van der Waals surface area contributed by atoms with E-state index in [1.165, 1.54) is 10.9 Å². The van der Waals surface area contributed by atoms with Crippen molar-refractivity contribution in [1.82, 2.24) is 0 Å². The van der Waals surface area contributed by atoms with Gasteiger partial charge in [0, 0.05) is 5.56 Å². The van der Waals surface area contributed by atoms with Gasteiger partial charge >= 0.3 is 0 Å². The van der Waals surface area contributed by atoms with E-state index in [0.717, 1.165) is 10.9 Å². The molecule has 0 atom stereocenters. The highest BCUT2D eigenvalue weighted by atomic mass is 16.1. The largest absolute Gasteiger partial charge is 0.295 e. The Morgan fingerprint density at radius 2 is 1.59 bits per heavy atom. The molecule has 0 saturated heterocycles. The molecule has 0 radical (unpaired) electrons. The minimum absolute atomic E-state index is 0.119. The molecule has 2 aromatic carbocycles. The fourth-order valence-electron chi connectivity index (χ4n) is 1.93. The zero-order chi connectivity index (χ0) is 12.6. The number of ketones is 1. The van der Waals surface area contributed by atoms with Crippen LogP contribution < -0.4 is 0 Å². The Balaban J connectivity index is 2.62. The van der Waals surface area contributed by atoms with Gasteiger partial charge in [-0.05, 0) is 34.7 Å². The summed E-state index contributed by atoms with van der Waals surface area (Å²) in [6.45, 7) is 8.20. The molecule has 0 aromatic heterocycles. The van der Waals surface area contributed by atoms with E-state index in [-0.39, 0.29) is 11.2 Å². The van der Waals surface area contributed by atoms with Crippen molar-refractivity contribution in [3.63, 3.8) is 0 Å². The van der Waals surface area contributed by atoms with Gasteiger partial charge in [-0.1, -0.05) is 51.1 Å². The van der Waals surface area contributed by atoms with E-state index in [9.17, 15) is 4.79 Å². The first-order valence-electron chi connectivity index (χ1n) is 5.93. The lowest BCUT2D eigenvalue weighted by molar-refractivity contribution is 0.101. The smallest absolute Gasteiger partial charge is 0.159 e. The van der Waals surface area contributed by atoms with Gasteiger partial charge in [-0.15, -0.1) is 0 Å². The van der Waals surface area contributed by atoms with E-state index < -0.39 is 0 Å². The Labute approximate surface area is 102 Å². The van der Waals surface area contributed by atoms with E-state index in [4.69, 9.17) is 0 Å². The van der Waals surface area contributed by atoms with E-state index in [2.05, 4.69) is 39.0 Å². The summed E-state index contributed by atoms with van der Waals surface area (Å²) in [6.07, 6.45) is 0. The first-order chi connectivity index (χ1) is 7.88. The van der Waals surface area contributed by atoms with Gasteiger partial charge in [-0.25, -0.2) is 0 Å². The predicted octanol–water partition coefficient (Wildman–Crippen LogP) is 4.34. The fraction of sp³-hybridized carbons (Fsp3) is 0.312. The first-order valence-corrected chi connectivity index (χ1v) is 5.93. The molecule has 2 rings (SSSR count). The van der Waals surface area contributed by atoms with Gasteiger partial charge < -0.3 is 0 Å². The molecule has 2 aromatic rings. The Morgan fingerprint density at radius 1 is 0.941 bits per heavy atom. The summed E-state index contributed by atoms with van der Waals surface area (Å²) in [5.41, 5.74) is 2.22. The maximum Gasteiger partial charge on any atom is 0.159 e. The van der Waals surface area contributed by atoms with Gasteiger partial charge in [0.2, 0.25) is 0 Å². The van der Waals surface area contributed by atoms with E-state index in [1.807, 2.05) is 18.2 Å². The average molecular weight is 226 g/mol. The van der Waals surface area contributed by atoms with Crippen LogP contribution >= 0.6 is 0 Å². The Morgan fingerprint density at radius 3 is 2.18 bits per heavy atom. The lowest BCUT2D eigenvalue weighted by atomic mass is 9.85. The third kappa shape index (κ3) is 2.38. The van der Waals surface area contributed by atoms with Crippen LogP contribution in [-0.4, -0.2) is 5.78 Å². The van der Waals surface area contributed by atoms with Gasteiger partial charge in [-0.3, -0.25) is 4.79 Å². The zero-order valence-corrected chi connectivity index (χ0v) is 10.9. The van der Waals surface area contributed by atoms with Crippen molar-refractivity contribution in [2.45, 2.75) is 33.1 Å². The summed E-state index contributed by atoms with van der Waals surface area (Å²) in [5, 5.41) is 2.33. The van der Waals surface area contributed by atoms with Crippen LogP contribution in [-0.2, 0) is 5.41 Å². The van der Waals surface area contributed by atoms with Crippen LogP contribution in [0.2, 0.25) is 0 Å². The van der Waals surface area contributed by atoms with Gasteiger partial charge in [0.25, 0.3) is 0 Å². The predicted molar refractivity (Wildman–Crippen MR) is 72.7 cm³/mol. The Hall–Kier alpha value is -1.63. The quantitative estimate of drug-likeness (QED) is 0.661. The highest BCUT2D eigenvalue weighted by molar-refractivity contribution is 5.98. The third-order valence-corrected chi connectivity index (χ3v) is 3.11. The van der Waals surface area contributed by atoms with E-state index in [0.29, 0.717) is 0 Å². The molecule has 1 nitrogen and oxygen atoms in total. The maximum absolute atomic E-state index is 11.4. The van der Waals surface area contributed by atoms with Crippen molar-refractivity contribution in [3.8, 4) is 0 Å². The van der Waals surface area contributed by atoms with Crippen molar-refractivity contribution in [2.75, 3.05) is 0 Å². The maximum atomic E-state index is 11.4. The van der Waals surface area contributed by atoms with E-state index >= 15 is 0 Å². The monoisotopic (exact) mass is 226 g/mol. The van der Waals surface area contributed by atoms with Crippen molar-refractivity contribution in [2.24, 2.45) is 0 Å². The molecule has 0 aliphatic carbocycles. The van der Waals surface area contributed by atoms with Gasteiger partial charge in [0.05, 0.1) is 0 Å². The number of hydrogen-bond acceptors (Lipinski definition) is 1. The van der Waals surface area contributed by atoms with E-state index in [1.54, 1.807) is 6.92 Å². The van der Waals surface area contributed by atoms with Crippen LogP contribution in [0, 0.1) is 0 Å². The van der Waals surface area contributed by atoms with Crippen molar-refractivity contribution in [3.05, 3.63) is 47.5 Å². The number of Topliss-reactive ketones (excluding diaryl/α,β-unsaturated/α-hetero) is 1. The van der Waals surface area contributed by atoms with Gasteiger partial charge in [0.15, 0.2) is 5.78 Å². The molecule has 0 amide bonds. The lowest BCUT2D eigenvalue weighted by Gasteiger charge is -2.19. The zero-order valence-electron chi connectivity index (χ0n) is 10.9. The number of carbonyl (C=O) groups is 1.